The first-order chi connectivity index (χ1) is 8.60. The monoisotopic (exact) mass is 311 g/mol. The van der Waals surface area contributed by atoms with Crippen LogP contribution >= 0.6 is 15.9 Å². The Morgan fingerprint density at radius 3 is 2.94 bits per heavy atom. The van der Waals surface area contributed by atoms with E-state index in [2.05, 4.69) is 26.2 Å². The summed E-state index contributed by atoms with van der Waals surface area (Å²) in [5.74, 6) is -0.397. The van der Waals surface area contributed by atoms with Crippen LogP contribution in [-0.2, 0) is 6.54 Å². The largest absolute Gasteiger partial charge is 0.439 e. The quantitative estimate of drug-likeness (QED) is 0.938. The molecule has 18 heavy (non-hydrogen) atoms. The number of hydrogen-bond acceptors (Lipinski definition) is 4. The molecule has 0 aliphatic rings. The van der Waals surface area contributed by atoms with E-state index in [-0.39, 0.29) is 16.1 Å². The maximum atomic E-state index is 11.8. The van der Waals surface area contributed by atoms with Crippen LogP contribution < -0.4 is 10.9 Å². The fourth-order valence-electron chi connectivity index (χ4n) is 1.40. The van der Waals surface area contributed by atoms with Gasteiger partial charge in [0.2, 0.25) is 0 Å². The Morgan fingerprint density at radius 2 is 2.33 bits per heavy atom. The molecule has 2 aromatic rings. The molecule has 1 N–H and O–H groups in total. The van der Waals surface area contributed by atoms with Gasteiger partial charge < -0.3 is 14.3 Å². The van der Waals surface area contributed by atoms with Gasteiger partial charge in [0.15, 0.2) is 5.69 Å². The second kappa shape index (κ2) is 5.18. The Kier molecular flexibility index (Phi) is 3.61. The van der Waals surface area contributed by atoms with Crippen LogP contribution in [0, 0.1) is 0 Å². The number of hydrogen-bond donors (Lipinski definition) is 1. The summed E-state index contributed by atoms with van der Waals surface area (Å²) in [5, 5.41) is 2.63. The topological polar surface area (TPSA) is 77.1 Å². The van der Waals surface area contributed by atoms with E-state index in [4.69, 9.17) is 4.42 Å². The number of halogens is 1. The molecule has 0 fully saturated rings. The number of amides is 1. The summed E-state index contributed by atoms with van der Waals surface area (Å²) in [6.45, 7) is 2.39. The van der Waals surface area contributed by atoms with Crippen LogP contribution in [0.5, 0.6) is 0 Å². The Morgan fingerprint density at radius 1 is 1.56 bits per heavy atom. The lowest BCUT2D eigenvalue weighted by molar-refractivity contribution is 0.102. The molecule has 0 aliphatic carbocycles. The molecule has 0 saturated heterocycles. The van der Waals surface area contributed by atoms with Crippen molar-refractivity contribution in [3.8, 4) is 0 Å². The Balaban J connectivity index is 2.19. The van der Waals surface area contributed by atoms with E-state index in [1.807, 2.05) is 6.92 Å². The van der Waals surface area contributed by atoms with Crippen molar-refractivity contribution in [2.45, 2.75) is 13.5 Å². The highest BCUT2D eigenvalue weighted by atomic mass is 79.9. The maximum absolute atomic E-state index is 11.8. The van der Waals surface area contributed by atoms with E-state index in [0.29, 0.717) is 12.2 Å². The second-order valence-electron chi connectivity index (χ2n) is 3.48. The van der Waals surface area contributed by atoms with E-state index in [1.54, 1.807) is 12.3 Å². The van der Waals surface area contributed by atoms with Gasteiger partial charge in [-0.05, 0) is 13.0 Å². The zero-order chi connectivity index (χ0) is 13.1. The first-order valence-electron chi connectivity index (χ1n) is 5.23. The van der Waals surface area contributed by atoms with Crippen molar-refractivity contribution in [3.63, 3.8) is 0 Å². The number of carbonyl (C=O) groups excluding carboxylic acids is 1. The third-order valence-electron chi connectivity index (χ3n) is 2.29. The molecule has 1 amide bonds. The molecule has 0 saturated carbocycles. The number of oxazole rings is 1. The standard InChI is InChI=1S/C11H10BrN3O3/c1-2-15-5-7(3-4-9(15)16)13-10(17)8-6-18-11(12)14-8/h3-6H,2H2,1H3,(H,13,17). The van der Waals surface area contributed by atoms with E-state index in [1.165, 1.54) is 16.9 Å². The van der Waals surface area contributed by atoms with Gasteiger partial charge in [-0.15, -0.1) is 0 Å². The summed E-state index contributed by atoms with van der Waals surface area (Å²) < 4.78 is 6.37. The lowest BCUT2D eigenvalue weighted by Gasteiger charge is -2.06. The molecule has 0 bridgehead atoms. The summed E-state index contributed by atoms with van der Waals surface area (Å²) in [5.41, 5.74) is 0.580. The Hall–Kier alpha value is -1.89. The number of rotatable bonds is 3. The number of nitrogens with zero attached hydrogens (tertiary/aromatic N) is 2. The van der Waals surface area contributed by atoms with Crippen LogP contribution in [-0.4, -0.2) is 15.5 Å². The van der Waals surface area contributed by atoms with E-state index in [9.17, 15) is 9.59 Å². The van der Waals surface area contributed by atoms with Crippen LogP contribution in [0.25, 0.3) is 0 Å². The summed E-state index contributed by atoms with van der Waals surface area (Å²) >= 11 is 3.02. The number of carbonyl (C=O) groups is 1. The Bertz CT molecular complexity index is 632. The first-order valence-corrected chi connectivity index (χ1v) is 6.02. The summed E-state index contributed by atoms with van der Waals surface area (Å²) in [7, 11) is 0. The van der Waals surface area contributed by atoms with Gasteiger partial charge in [-0.25, -0.2) is 0 Å². The molecule has 2 heterocycles. The molecule has 0 unspecified atom stereocenters. The van der Waals surface area contributed by atoms with Crippen molar-refractivity contribution >= 4 is 27.5 Å². The molecule has 2 rings (SSSR count). The van der Waals surface area contributed by atoms with Crippen LogP contribution in [0.4, 0.5) is 5.69 Å². The lowest BCUT2D eigenvalue weighted by atomic mass is 10.3. The van der Waals surface area contributed by atoms with E-state index >= 15 is 0 Å². The normalized spacial score (nSPS) is 10.3. The highest BCUT2D eigenvalue weighted by molar-refractivity contribution is 9.10. The second-order valence-corrected chi connectivity index (χ2v) is 4.16. The summed E-state index contributed by atoms with van der Waals surface area (Å²) in [4.78, 5) is 27.2. The third-order valence-corrected chi connectivity index (χ3v) is 2.66. The van der Waals surface area contributed by atoms with Gasteiger partial charge in [-0.3, -0.25) is 9.59 Å². The van der Waals surface area contributed by atoms with Crippen LogP contribution in [0.1, 0.15) is 17.4 Å². The highest BCUT2D eigenvalue weighted by Gasteiger charge is 2.11. The fraction of sp³-hybridized carbons (Fsp3) is 0.182. The minimum atomic E-state index is -0.397. The SMILES string of the molecule is CCn1cc(NC(=O)c2coc(Br)n2)ccc1=O. The average Bonchev–Trinajstić information content (AvgIpc) is 2.78. The average molecular weight is 312 g/mol. The van der Waals surface area contributed by atoms with Gasteiger partial charge in [0.1, 0.15) is 6.26 Å². The Labute approximate surface area is 111 Å². The van der Waals surface area contributed by atoms with E-state index < -0.39 is 5.91 Å². The van der Waals surface area contributed by atoms with Gasteiger partial charge in [0.25, 0.3) is 16.3 Å². The molecule has 7 heteroatoms. The van der Waals surface area contributed by atoms with Gasteiger partial charge in [0, 0.05) is 34.7 Å². The molecule has 94 valence electrons. The first kappa shape index (κ1) is 12.6. The molecule has 0 atom stereocenters. The number of pyridine rings is 1. The molecule has 0 radical (unpaired) electrons. The number of anilines is 1. The van der Waals surface area contributed by atoms with Crippen molar-refractivity contribution in [1.29, 1.82) is 0 Å². The van der Waals surface area contributed by atoms with Crippen molar-refractivity contribution in [2.75, 3.05) is 5.32 Å². The smallest absolute Gasteiger partial charge is 0.277 e. The van der Waals surface area contributed by atoms with Crippen LogP contribution in [0.15, 0.2) is 38.6 Å². The molecule has 2 aromatic heterocycles. The van der Waals surface area contributed by atoms with E-state index in [0.717, 1.165) is 0 Å². The van der Waals surface area contributed by atoms with Crippen LogP contribution in [0.3, 0.4) is 0 Å². The van der Waals surface area contributed by atoms with Gasteiger partial charge in [0.05, 0.1) is 5.69 Å². The highest BCUT2D eigenvalue weighted by Crippen LogP contribution is 2.11. The van der Waals surface area contributed by atoms with Gasteiger partial charge in [-0.2, -0.15) is 4.98 Å². The third kappa shape index (κ3) is 2.67. The summed E-state index contributed by atoms with van der Waals surface area (Å²) in [6, 6.07) is 2.94. The number of nitrogens with one attached hydrogen (secondary N) is 1. The fourth-order valence-corrected chi connectivity index (χ4v) is 1.69. The predicted molar refractivity (Wildman–Crippen MR) is 68.5 cm³/mol. The predicted octanol–water partition coefficient (Wildman–Crippen LogP) is 1.87. The maximum Gasteiger partial charge on any atom is 0.277 e. The molecule has 6 nitrogen and oxygen atoms in total. The van der Waals surface area contributed by atoms with Crippen molar-refractivity contribution in [1.82, 2.24) is 9.55 Å². The zero-order valence-electron chi connectivity index (χ0n) is 9.51. The molecular formula is C11H10BrN3O3. The molecule has 0 aromatic carbocycles. The van der Waals surface area contributed by atoms with Crippen molar-refractivity contribution in [3.05, 3.63) is 45.4 Å². The minimum Gasteiger partial charge on any atom is -0.439 e. The molecule has 0 spiro atoms. The molecular weight excluding hydrogens is 302 g/mol. The lowest BCUT2D eigenvalue weighted by Crippen LogP contribution is -2.19. The van der Waals surface area contributed by atoms with Crippen molar-refractivity contribution in [2.24, 2.45) is 0 Å². The number of aryl methyl sites for hydroxylation is 1. The summed E-state index contributed by atoms with van der Waals surface area (Å²) in [6.07, 6.45) is 2.82. The minimum absolute atomic E-state index is 0.111. The number of aromatic nitrogens is 2. The van der Waals surface area contributed by atoms with Gasteiger partial charge >= 0.3 is 0 Å². The van der Waals surface area contributed by atoms with Crippen molar-refractivity contribution < 1.29 is 9.21 Å². The molecule has 0 aliphatic heterocycles. The van der Waals surface area contributed by atoms with Crippen LogP contribution in [0.2, 0.25) is 0 Å². The zero-order valence-corrected chi connectivity index (χ0v) is 11.1. The van der Waals surface area contributed by atoms with Gasteiger partial charge in [-0.1, -0.05) is 0 Å².